The number of rotatable bonds is 4. The lowest BCUT2D eigenvalue weighted by Crippen LogP contribution is -2.29. The van der Waals surface area contributed by atoms with E-state index in [0.29, 0.717) is 12.1 Å². The fourth-order valence-electron chi connectivity index (χ4n) is 1.62. The Hall–Kier alpha value is -1.93. The second-order valence-electron chi connectivity index (χ2n) is 4.86. The van der Waals surface area contributed by atoms with Gasteiger partial charge in [0, 0.05) is 6.54 Å². The second-order valence-corrected chi connectivity index (χ2v) is 6.63. The lowest BCUT2D eigenvalue weighted by Gasteiger charge is -2.09. The Balaban J connectivity index is 2.49. The van der Waals surface area contributed by atoms with Crippen molar-refractivity contribution < 1.29 is 8.42 Å². The van der Waals surface area contributed by atoms with Crippen LogP contribution >= 0.6 is 0 Å². The molecule has 2 aromatic rings. The van der Waals surface area contributed by atoms with Crippen LogP contribution in [0.15, 0.2) is 32.7 Å². The lowest BCUT2D eigenvalue weighted by molar-refractivity contribution is 0.560. The molecule has 0 bridgehead atoms. The van der Waals surface area contributed by atoms with Crippen molar-refractivity contribution >= 4 is 21.1 Å². The topological polar surface area (TPSA) is 112 Å². The molecule has 1 aromatic carbocycles. The van der Waals surface area contributed by atoms with Crippen LogP contribution in [0.1, 0.15) is 13.8 Å². The predicted octanol–water partition coefficient (Wildman–Crippen LogP) is 0.151. The molecule has 8 heteroatoms. The van der Waals surface area contributed by atoms with Gasteiger partial charge in [0.1, 0.15) is 0 Å². The molecule has 0 aliphatic heterocycles. The number of hydrogen-bond donors (Lipinski definition) is 3. The molecule has 0 spiro atoms. The smallest absolute Gasteiger partial charge is 0.314 e. The molecule has 1 aromatic heterocycles. The molecule has 0 aliphatic rings. The Bertz CT molecular complexity index is 849. The van der Waals surface area contributed by atoms with E-state index in [4.69, 9.17) is 0 Å². The van der Waals surface area contributed by atoms with E-state index in [1.165, 1.54) is 18.2 Å². The van der Waals surface area contributed by atoms with Gasteiger partial charge in [0.15, 0.2) is 0 Å². The maximum Gasteiger partial charge on any atom is 0.314 e. The van der Waals surface area contributed by atoms with Crippen molar-refractivity contribution in [1.82, 2.24) is 14.7 Å². The number of sulfonamides is 1. The fourth-order valence-corrected chi connectivity index (χ4v) is 2.86. The molecular formula is C12H15N3O4S. The molecule has 0 unspecified atom stereocenters. The van der Waals surface area contributed by atoms with E-state index in [0.717, 1.165) is 0 Å². The Kier molecular flexibility index (Phi) is 3.78. The first-order chi connectivity index (χ1) is 9.29. The van der Waals surface area contributed by atoms with Crippen LogP contribution in [-0.4, -0.2) is 24.9 Å². The van der Waals surface area contributed by atoms with Crippen molar-refractivity contribution in [1.29, 1.82) is 0 Å². The summed E-state index contributed by atoms with van der Waals surface area (Å²) in [6, 6.07) is 4.13. The monoisotopic (exact) mass is 297 g/mol. The minimum atomic E-state index is -3.63. The fraction of sp³-hybridized carbons (Fsp3) is 0.333. The Morgan fingerprint density at radius 1 is 1.10 bits per heavy atom. The van der Waals surface area contributed by atoms with Gasteiger partial charge in [-0.25, -0.2) is 13.1 Å². The van der Waals surface area contributed by atoms with Gasteiger partial charge in [0.05, 0.1) is 15.9 Å². The van der Waals surface area contributed by atoms with Crippen LogP contribution in [0.2, 0.25) is 0 Å². The van der Waals surface area contributed by atoms with Crippen LogP contribution in [0, 0.1) is 5.92 Å². The number of aromatic amines is 2. The molecule has 0 saturated carbocycles. The molecule has 108 valence electrons. The van der Waals surface area contributed by atoms with Gasteiger partial charge >= 0.3 is 11.1 Å². The van der Waals surface area contributed by atoms with E-state index in [2.05, 4.69) is 14.7 Å². The summed E-state index contributed by atoms with van der Waals surface area (Å²) in [5, 5.41) is 0. The third-order valence-corrected chi connectivity index (χ3v) is 4.11. The molecule has 0 saturated heterocycles. The average Bonchev–Trinajstić information content (AvgIpc) is 2.37. The molecule has 0 radical (unpaired) electrons. The van der Waals surface area contributed by atoms with Crippen LogP contribution in [-0.2, 0) is 10.0 Å². The maximum atomic E-state index is 12.1. The highest BCUT2D eigenvalue weighted by atomic mass is 32.2. The standard InChI is InChI=1S/C12H15N3O4S/c1-7(2)6-13-20(18,19)8-3-4-9-10(5-8)15-12(17)11(16)14-9/h3-5,7,13H,6H2,1-2H3,(H,14,16)(H,15,17). The summed E-state index contributed by atoms with van der Waals surface area (Å²) in [6.45, 7) is 4.11. The van der Waals surface area contributed by atoms with Crippen molar-refractivity contribution in [2.24, 2.45) is 5.92 Å². The van der Waals surface area contributed by atoms with Crippen molar-refractivity contribution in [3.8, 4) is 0 Å². The van der Waals surface area contributed by atoms with Crippen LogP contribution in [0.3, 0.4) is 0 Å². The number of nitrogens with one attached hydrogen (secondary N) is 3. The van der Waals surface area contributed by atoms with E-state index in [1.54, 1.807) is 0 Å². The van der Waals surface area contributed by atoms with Crippen LogP contribution in [0.5, 0.6) is 0 Å². The normalized spacial score (nSPS) is 12.2. The van der Waals surface area contributed by atoms with Crippen molar-refractivity contribution in [2.75, 3.05) is 6.54 Å². The van der Waals surface area contributed by atoms with Crippen molar-refractivity contribution in [3.05, 3.63) is 38.9 Å². The molecule has 7 nitrogen and oxygen atoms in total. The number of H-pyrrole nitrogens is 2. The van der Waals surface area contributed by atoms with E-state index in [9.17, 15) is 18.0 Å². The SMILES string of the molecule is CC(C)CNS(=O)(=O)c1ccc2[nH]c(=O)c(=O)[nH]c2c1. The third-order valence-electron chi connectivity index (χ3n) is 2.69. The van der Waals surface area contributed by atoms with Crippen LogP contribution in [0.4, 0.5) is 0 Å². The minimum absolute atomic E-state index is 0.0355. The second kappa shape index (κ2) is 5.22. The first-order valence-electron chi connectivity index (χ1n) is 6.05. The summed E-state index contributed by atoms with van der Waals surface area (Å²) in [5.74, 6) is 0.182. The molecule has 0 aliphatic carbocycles. The molecule has 1 heterocycles. The third kappa shape index (κ3) is 2.97. The Morgan fingerprint density at radius 2 is 1.70 bits per heavy atom. The summed E-state index contributed by atoms with van der Waals surface area (Å²) in [4.78, 5) is 27.2. The summed E-state index contributed by atoms with van der Waals surface area (Å²) >= 11 is 0. The van der Waals surface area contributed by atoms with Gasteiger partial charge in [-0.15, -0.1) is 0 Å². The van der Waals surface area contributed by atoms with Gasteiger partial charge in [0.2, 0.25) is 10.0 Å². The quantitative estimate of drug-likeness (QED) is 0.697. The molecule has 2 rings (SSSR count). The molecule has 20 heavy (non-hydrogen) atoms. The highest BCUT2D eigenvalue weighted by molar-refractivity contribution is 7.89. The van der Waals surface area contributed by atoms with Gasteiger partial charge in [-0.1, -0.05) is 13.8 Å². The first-order valence-corrected chi connectivity index (χ1v) is 7.54. The van der Waals surface area contributed by atoms with E-state index < -0.39 is 21.1 Å². The highest BCUT2D eigenvalue weighted by Gasteiger charge is 2.15. The van der Waals surface area contributed by atoms with Gasteiger partial charge in [-0.3, -0.25) is 9.59 Å². The molecular weight excluding hydrogens is 282 g/mol. The molecule has 0 amide bonds. The number of aromatic nitrogens is 2. The van der Waals surface area contributed by atoms with Crippen molar-refractivity contribution in [3.63, 3.8) is 0 Å². The Morgan fingerprint density at radius 3 is 2.30 bits per heavy atom. The summed E-state index contributed by atoms with van der Waals surface area (Å²) in [6.07, 6.45) is 0. The zero-order valence-corrected chi connectivity index (χ0v) is 11.9. The number of hydrogen-bond acceptors (Lipinski definition) is 4. The number of fused-ring (bicyclic) bond motifs is 1. The van der Waals surface area contributed by atoms with Crippen LogP contribution in [0.25, 0.3) is 11.0 Å². The average molecular weight is 297 g/mol. The zero-order chi connectivity index (χ0) is 14.9. The van der Waals surface area contributed by atoms with Crippen molar-refractivity contribution in [2.45, 2.75) is 18.7 Å². The largest absolute Gasteiger partial charge is 0.316 e. The zero-order valence-electron chi connectivity index (χ0n) is 11.1. The maximum absolute atomic E-state index is 12.1. The van der Waals surface area contributed by atoms with E-state index in [1.807, 2.05) is 13.8 Å². The highest BCUT2D eigenvalue weighted by Crippen LogP contribution is 2.14. The summed E-state index contributed by atoms with van der Waals surface area (Å²) in [5.41, 5.74) is -0.951. The van der Waals surface area contributed by atoms with Gasteiger partial charge in [-0.05, 0) is 24.1 Å². The van der Waals surface area contributed by atoms with Gasteiger partial charge in [0.25, 0.3) is 0 Å². The molecule has 0 atom stereocenters. The molecule has 0 fully saturated rings. The first kappa shape index (κ1) is 14.5. The molecule has 3 N–H and O–H groups in total. The predicted molar refractivity (Wildman–Crippen MR) is 75.2 cm³/mol. The minimum Gasteiger partial charge on any atom is -0.316 e. The van der Waals surface area contributed by atoms with E-state index in [-0.39, 0.29) is 16.3 Å². The number of benzene rings is 1. The van der Waals surface area contributed by atoms with E-state index >= 15 is 0 Å². The summed E-state index contributed by atoms with van der Waals surface area (Å²) < 4.78 is 26.6. The van der Waals surface area contributed by atoms with Gasteiger partial charge < -0.3 is 9.97 Å². The summed E-state index contributed by atoms with van der Waals surface area (Å²) in [7, 11) is -3.63. The lowest BCUT2D eigenvalue weighted by atomic mass is 10.2. The van der Waals surface area contributed by atoms with Gasteiger partial charge in [-0.2, -0.15) is 0 Å². The Labute approximate surface area is 115 Å². The van der Waals surface area contributed by atoms with Crippen LogP contribution < -0.4 is 15.8 Å².